The second-order valence-electron chi connectivity index (χ2n) is 12.0. The third-order valence-corrected chi connectivity index (χ3v) is 9.42. The molecule has 0 saturated heterocycles. The molecular weight excluding hydrogens is 528 g/mol. The average molecular weight is 553 g/mol. The molecule has 0 saturated carbocycles. The Balaban J connectivity index is 1.30. The summed E-state index contributed by atoms with van der Waals surface area (Å²) in [5, 5.41) is 19.6. The van der Waals surface area contributed by atoms with Crippen LogP contribution in [0.2, 0.25) is 0 Å². The largest absolute Gasteiger partial charge is 0.0616 e. The summed E-state index contributed by atoms with van der Waals surface area (Å²) in [4.78, 5) is 0. The van der Waals surface area contributed by atoms with Crippen LogP contribution >= 0.6 is 0 Å². The van der Waals surface area contributed by atoms with Gasteiger partial charge in [0.05, 0.1) is 0 Å². The van der Waals surface area contributed by atoms with Crippen molar-refractivity contribution in [2.45, 2.75) is 0 Å². The molecule has 0 aliphatic rings. The lowest BCUT2D eigenvalue weighted by Gasteiger charge is -2.16. The molecule has 0 heterocycles. The van der Waals surface area contributed by atoms with E-state index in [1.54, 1.807) is 0 Å². The summed E-state index contributed by atoms with van der Waals surface area (Å²) < 4.78 is 0. The summed E-state index contributed by atoms with van der Waals surface area (Å²) in [6.07, 6.45) is 0. The van der Waals surface area contributed by atoms with Crippen LogP contribution in [0.25, 0.3) is 97.3 Å². The van der Waals surface area contributed by atoms with E-state index in [1.807, 2.05) is 0 Å². The Labute approximate surface area is 254 Å². The van der Waals surface area contributed by atoms with Crippen LogP contribution in [0.1, 0.15) is 0 Å². The van der Waals surface area contributed by atoms with Gasteiger partial charge in [0, 0.05) is 0 Å². The second kappa shape index (κ2) is 8.89. The molecule has 0 fully saturated rings. The van der Waals surface area contributed by atoms with E-state index in [0.717, 1.165) is 16.2 Å². The summed E-state index contributed by atoms with van der Waals surface area (Å²) in [7, 11) is 0. The maximum absolute atomic E-state index is 3.76. The third-order valence-electron chi connectivity index (χ3n) is 9.42. The Bertz CT molecular complexity index is 2820. The van der Waals surface area contributed by atoms with E-state index in [4.69, 9.17) is 0 Å². The standard InChI is InChI=1S/C44H24/c1-2-9-28-17-34-23-38-25-42-32(20-36(38)22-33(34)16-27(28)8-1)13-7-15-41(42)44-40-14-6-5-12-31(40)21-39-24-35-18-29-10-3-4-11-30(29)19-37(35)26-43(39)44/h1-12,14-20,22-26H. The molecule has 0 bridgehead atoms. The van der Waals surface area contributed by atoms with E-state index >= 15 is 0 Å². The molecule has 0 N–H and O–H groups in total. The van der Waals surface area contributed by atoms with Crippen LogP contribution in [-0.4, -0.2) is 0 Å². The molecule has 0 nitrogen and oxygen atoms in total. The van der Waals surface area contributed by atoms with Crippen LogP contribution < -0.4 is 0 Å². The summed E-state index contributed by atoms with van der Waals surface area (Å²) in [5.74, 6) is 0. The highest BCUT2D eigenvalue weighted by atomic mass is 14.2. The van der Waals surface area contributed by atoms with Gasteiger partial charge in [0.15, 0.2) is 0 Å². The predicted molar refractivity (Wildman–Crippen MR) is 190 cm³/mol. The fraction of sp³-hybridized carbons (Fsp3) is 0. The van der Waals surface area contributed by atoms with Gasteiger partial charge in [-0.2, -0.15) is 0 Å². The number of hydrogen-bond donors (Lipinski definition) is 0. The fourth-order valence-electron chi connectivity index (χ4n) is 7.30. The highest BCUT2D eigenvalue weighted by Crippen LogP contribution is 2.42. The molecule has 0 atom stereocenters. The van der Waals surface area contributed by atoms with E-state index in [2.05, 4.69) is 158 Å². The van der Waals surface area contributed by atoms with Gasteiger partial charge in [0.2, 0.25) is 0 Å². The average Bonchev–Trinajstić information content (AvgIpc) is 3.06. The van der Waals surface area contributed by atoms with Crippen LogP contribution in [-0.2, 0) is 0 Å². The number of rotatable bonds is 1. The highest BCUT2D eigenvalue weighted by Gasteiger charge is 2.15. The zero-order valence-electron chi connectivity index (χ0n) is 23.9. The van der Waals surface area contributed by atoms with Crippen molar-refractivity contribution >= 4 is 86.2 Å². The van der Waals surface area contributed by atoms with Gasteiger partial charge < -0.3 is 0 Å². The van der Waals surface area contributed by atoms with Gasteiger partial charge in [-0.15, -0.1) is 0 Å². The molecule has 0 aliphatic heterocycles. The summed E-state index contributed by atoms with van der Waals surface area (Å²) in [5.41, 5.74) is 2.49. The first-order valence-corrected chi connectivity index (χ1v) is 15.2. The maximum Gasteiger partial charge on any atom is -0.00137 e. The molecule has 2 radical (unpaired) electrons. The third kappa shape index (κ3) is 3.52. The molecule has 0 aromatic heterocycles. The maximum atomic E-state index is 3.76. The summed E-state index contributed by atoms with van der Waals surface area (Å²) >= 11 is 0. The molecule has 10 aromatic carbocycles. The van der Waals surface area contributed by atoms with E-state index in [1.165, 1.54) is 81.1 Å². The SMILES string of the molecule is [c]1ccc(-c2c3ccccc3[c]c3cc4cc5ccccc5cc4cc23)c2cc3cc4cc5ccccc5cc4cc3cc12. The van der Waals surface area contributed by atoms with Gasteiger partial charge >= 0.3 is 0 Å². The fourth-order valence-corrected chi connectivity index (χ4v) is 7.30. The lowest BCUT2D eigenvalue weighted by Crippen LogP contribution is -1.89. The molecule has 0 heteroatoms. The Kier molecular flexibility index (Phi) is 4.81. The van der Waals surface area contributed by atoms with Crippen LogP contribution in [0.5, 0.6) is 0 Å². The van der Waals surface area contributed by atoms with Crippen LogP contribution in [0.3, 0.4) is 0 Å². The molecule has 0 unspecified atom stereocenters. The minimum atomic E-state index is 1.13. The quantitative estimate of drug-likeness (QED) is 0.178. The van der Waals surface area contributed by atoms with E-state index in [9.17, 15) is 0 Å². The van der Waals surface area contributed by atoms with Crippen LogP contribution in [0.4, 0.5) is 0 Å². The highest BCUT2D eigenvalue weighted by molar-refractivity contribution is 6.20. The van der Waals surface area contributed by atoms with E-state index in [-0.39, 0.29) is 0 Å². The molecule has 0 amide bonds. The smallest absolute Gasteiger partial charge is 0.00137 e. The molecule has 200 valence electrons. The van der Waals surface area contributed by atoms with Gasteiger partial charge in [0.1, 0.15) is 0 Å². The molecule has 10 rings (SSSR count). The minimum absolute atomic E-state index is 1.13. The number of hydrogen-bond acceptors (Lipinski definition) is 0. The Morgan fingerprint density at radius 1 is 0.318 bits per heavy atom. The molecular formula is C44H24. The molecule has 44 heavy (non-hydrogen) atoms. The predicted octanol–water partition coefficient (Wildman–Crippen LogP) is 12.2. The van der Waals surface area contributed by atoms with Crippen molar-refractivity contribution in [3.63, 3.8) is 0 Å². The zero-order valence-corrected chi connectivity index (χ0v) is 23.9. The Morgan fingerprint density at radius 3 is 1.43 bits per heavy atom. The number of benzene rings is 10. The first-order chi connectivity index (χ1) is 21.7. The van der Waals surface area contributed by atoms with Gasteiger partial charge in [-0.05, 0) is 170 Å². The molecule has 10 aromatic rings. The van der Waals surface area contributed by atoms with Crippen molar-refractivity contribution in [3.05, 3.63) is 158 Å². The monoisotopic (exact) mass is 552 g/mol. The van der Waals surface area contributed by atoms with Gasteiger partial charge in [-0.1, -0.05) is 84.9 Å². The summed E-state index contributed by atoms with van der Waals surface area (Å²) in [6, 6.07) is 60.9. The van der Waals surface area contributed by atoms with Crippen LogP contribution in [0, 0.1) is 12.1 Å². The first-order valence-electron chi connectivity index (χ1n) is 15.2. The lowest BCUT2D eigenvalue weighted by atomic mass is 9.87. The number of fused-ring (bicyclic) bond motifs is 8. The van der Waals surface area contributed by atoms with Crippen molar-refractivity contribution in [1.82, 2.24) is 0 Å². The van der Waals surface area contributed by atoms with Crippen molar-refractivity contribution in [1.29, 1.82) is 0 Å². The van der Waals surface area contributed by atoms with Gasteiger partial charge in [-0.3, -0.25) is 0 Å². The first kappa shape index (κ1) is 23.8. The topological polar surface area (TPSA) is 0 Å². The Morgan fingerprint density at radius 2 is 0.795 bits per heavy atom. The van der Waals surface area contributed by atoms with Gasteiger partial charge in [-0.25, -0.2) is 0 Å². The Hall–Kier alpha value is -5.72. The minimum Gasteiger partial charge on any atom is -0.0616 e. The van der Waals surface area contributed by atoms with Crippen molar-refractivity contribution in [3.8, 4) is 11.1 Å². The van der Waals surface area contributed by atoms with Gasteiger partial charge in [0.25, 0.3) is 0 Å². The zero-order chi connectivity index (χ0) is 28.8. The molecule has 0 aliphatic carbocycles. The normalized spacial score (nSPS) is 12.1. The van der Waals surface area contributed by atoms with Crippen molar-refractivity contribution < 1.29 is 0 Å². The summed E-state index contributed by atoms with van der Waals surface area (Å²) in [6.45, 7) is 0. The van der Waals surface area contributed by atoms with Crippen molar-refractivity contribution in [2.75, 3.05) is 0 Å². The van der Waals surface area contributed by atoms with E-state index < -0.39 is 0 Å². The van der Waals surface area contributed by atoms with E-state index in [0.29, 0.717) is 0 Å². The molecule has 0 spiro atoms. The second-order valence-corrected chi connectivity index (χ2v) is 12.0. The van der Waals surface area contributed by atoms with Crippen LogP contribution in [0.15, 0.2) is 146 Å². The lowest BCUT2D eigenvalue weighted by molar-refractivity contribution is 1.72. The van der Waals surface area contributed by atoms with Crippen molar-refractivity contribution in [2.24, 2.45) is 0 Å².